The van der Waals surface area contributed by atoms with Crippen molar-refractivity contribution in [3.63, 3.8) is 0 Å². The van der Waals surface area contributed by atoms with E-state index in [1.165, 1.54) is 11.1 Å². The molecule has 8 aromatic rings. The van der Waals surface area contributed by atoms with Crippen molar-refractivity contribution in [3.05, 3.63) is 150 Å². The van der Waals surface area contributed by atoms with Gasteiger partial charge in [0.05, 0.1) is 11.1 Å². The minimum Gasteiger partial charge on any atom is -0.456 e. The highest BCUT2D eigenvalue weighted by Crippen LogP contribution is 2.50. The SMILES string of the molecule is CC1(C)c2cc3c(cc2C=Cc2c1cc(N(c1ccccc1)c1ccccc1)c1c2oc2ccccc21)oc1ccccc13. The Labute approximate surface area is 255 Å². The van der Waals surface area contributed by atoms with E-state index < -0.39 is 0 Å². The zero-order valence-corrected chi connectivity index (χ0v) is 24.5. The van der Waals surface area contributed by atoms with E-state index in [-0.39, 0.29) is 5.41 Å². The summed E-state index contributed by atoms with van der Waals surface area (Å²) in [6.07, 6.45) is 4.47. The predicted octanol–water partition coefficient (Wildman–Crippen LogP) is 11.8. The van der Waals surface area contributed by atoms with Crippen LogP contribution in [0.15, 0.2) is 136 Å². The van der Waals surface area contributed by atoms with Gasteiger partial charge in [0, 0.05) is 38.5 Å². The number of furan rings is 2. The first kappa shape index (κ1) is 25.0. The van der Waals surface area contributed by atoms with Gasteiger partial charge in [-0.25, -0.2) is 0 Å². The summed E-state index contributed by atoms with van der Waals surface area (Å²) in [6.45, 7) is 4.67. The lowest BCUT2D eigenvalue weighted by atomic mass is 9.74. The molecular weight excluding hydrogens is 538 g/mol. The highest BCUT2D eigenvalue weighted by atomic mass is 16.3. The summed E-state index contributed by atoms with van der Waals surface area (Å²) < 4.78 is 13.1. The number of para-hydroxylation sites is 4. The zero-order chi connectivity index (χ0) is 29.4. The fourth-order valence-corrected chi connectivity index (χ4v) is 7.12. The number of hydrogen-bond acceptors (Lipinski definition) is 3. The van der Waals surface area contributed by atoms with Gasteiger partial charge in [-0.3, -0.25) is 0 Å². The van der Waals surface area contributed by atoms with Crippen LogP contribution >= 0.6 is 0 Å². The van der Waals surface area contributed by atoms with Crippen LogP contribution in [0.1, 0.15) is 36.1 Å². The molecule has 9 rings (SSSR count). The van der Waals surface area contributed by atoms with Gasteiger partial charge in [0.25, 0.3) is 0 Å². The van der Waals surface area contributed by atoms with Gasteiger partial charge in [-0.1, -0.05) is 98.8 Å². The highest BCUT2D eigenvalue weighted by molar-refractivity contribution is 6.16. The van der Waals surface area contributed by atoms with E-state index in [0.29, 0.717) is 0 Å². The van der Waals surface area contributed by atoms with Crippen molar-refractivity contribution in [1.82, 2.24) is 0 Å². The normalized spacial score (nSPS) is 13.8. The molecule has 0 spiro atoms. The number of rotatable bonds is 3. The number of fused-ring (bicyclic) bond motifs is 9. The summed E-state index contributed by atoms with van der Waals surface area (Å²) in [7, 11) is 0. The second-order valence-corrected chi connectivity index (χ2v) is 12.2. The molecule has 3 heteroatoms. The summed E-state index contributed by atoms with van der Waals surface area (Å²) in [6, 6.07) is 44.9. The van der Waals surface area contributed by atoms with Crippen molar-refractivity contribution in [2.75, 3.05) is 4.90 Å². The van der Waals surface area contributed by atoms with Crippen molar-refractivity contribution in [3.8, 4) is 0 Å². The summed E-state index contributed by atoms with van der Waals surface area (Å²) in [5, 5.41) is 4.50. The average molecular weight is 568 g/mol. The fraction of sp³-hybridized carbons (Fsp3) is 0.0732. The van der Waals surface area contributed by atoms with Gasteiger partial charge in [0.2, 0.25) is 0 Å². The molecule has 1 aliphatic rings. The molecule has 6 aromatic carbocycles. The van der Waals surface area contributed by atoms with E-state index >= 15 is 0 Å². The Bertz CT molecular complexity index is 2370. The standard InChI is InChI=1S/C41H29NO2/c1-41(2)33-24-32-29-17-9-11-19-36(29)43-38(32)23-26(33)21-22-30-34(41)25-35(39-31-18-10-12-20-37(31)44-40(30)39)42(27-13-5-3-6-14-27)28-15-7-4-8-16-28/h3-25H,1-2H3. The van der Waals surface area contributed by atoms with Crippen LogP contribution in [0.4, 0.5) is 17.1 Å². The Morgan fingerprint density at radius 2 is 1.14 bits per heavy atom. The number of anilines is 3. The van der Waals surface area contributed by atoms with Crippen molar-refractivity contribution in [1.29, 1.82) is 0 Å². The summed E-state index contributed by atoms with van der Waals surface area (Å²) in [5.74, 6) is 0. The smallest absolute Gasteiger partial charge is 0.145 e. The lowest BCUT2D eigenvalue weighted by molar-refractivity contribution is 0.630. The van der Waals surface area contributed by atoms with Crippen LogP contribution in [0.2, 0.25) is 0 Å². The van der Waals surface area contributed by atoms with E-state index in [1.54, 1.807) is 0 Å². The van der Waals surface area contributed by atoms with Gasteiger partial charge < -0.3 is 13.7 Å². The summed E-state index contributed by atoms with van der Waals surface area (Å²) >= 11 is 0. The van der Waals surface area contributed by atoms with Crippen LogP contribution in [0.3, 0.4) is 0 Å². The number of hydrogen-bond donors (Lipinski definition) is 0. The third-order valence-electron chi connectivity index (χ3n) is 9.26. The Balaban J connectivity index is 1.39. The lowest BCUT2D eigenvalue weighted by Gasteiger charge is -2.32. The van der Waals surface area contributed by atoms with Gasteiger partial charge in [-0.15, -0.1) is 0 Å². The predicted molar refractivity (Wildman–Crippen MR) is 183 cm³/mol. The van der Waals surface area contributed by atoms with Crippen LogP contribution in [-0.4, -0.2) is 0 Å². The lowest BCUT2D eigenvalue weighted by Crippen LogP contribution is -2.22. The summed E-state index contributed by atoms with van der Waals surface area (Å²) in [4.78, 5) is 2.36. The molecule has 0 atom stereocenters. The molecule has 0 saturated heterocycles. The van der Waals surface area contributed by atoms with E-state index in [0.717, 1.165) is 72.1 Å². The second-order valence-electron chi connectivity index (χ2n) is 12.2. The Morgan fingerprint density at radius 1 is 0.523 bits per heavy atom. The van der Waals surface area contributed by atoms with Gasteiger partial charge in [0.15, 0.2) is 0 Å². The molecule has 3 nitrogen and oxygen atoms in total. The fourth-order valence-electron chi connectivity index (χ4n) is 7.12. The molecule has 0 N–H and O–H groups in total. The molecule has 0 fully saturated rings. The van der Waals surface area contributed by atoms with Crippen LogP contribution in [-0.2, 0) is 5.41 Å². The number of benzene rings is 6. The third-order valence-corrected chi connectivity index (χ3v) is 9.26. The first-order valence-electron chi connectivity index (χ1n) is 15.1. The topological polar surface area (TPSA) is 29.5 Å². The molecule has 0 saturated carbocycles. The van der Waals surface area contributed by atoms with Crippen LogP contribution < -0.4 is 4.90 Å². The van der Waals surface area contributed by atoms with Crippen LogP contribution in [0.5, 0.6) is 0 Å². The van der Waals surface area contributed by atoms with Crippen molar-refractivity contribution in [2.24, 2.45) is 0 Å². The molecule has 44 heavy (non-hydrogen) atoms. The molecule has 0 bridgehead atoms. The molecule has 1 aliphatic carbocycles. The number of nitrogens with zero attached hydrogens (tertiary/aromatic N) is 1. The Hall–Kier alpha value is -5.54. The summed E-state index contributed by atoms with van der Waals surface area (Å²) in [5.41, 5.74) is 11.3. The second kappa shape index (κ2) is 9.23. The Kier molecular flexibility index (Phi) is 5.24. The van der Waals surface area contributed by atoms with Crippen molar-refractivity contribution < 1.29 is 8.83 Å². The van der Waals surface area contributed by atoms with Gasteiger partial charge in [-0.05, 0) is 71.3 Å². The maximum Gasteiger partial charge on any atom is 0.145 e. The molecule has 2 heterocycles. The molecule has 0 aliphatic heterocycles. The minimum atomic E-state index is -0.346. The largest absolute Gasteiger partial charge is 0.456 e. The van der Waals surface area contributed by atoms with Crippen LogP contribution in [0.25, 0.3) is 56.0 Å². The van der Waals surface area contributed by atoms with Crippen molar-refractivity contribution in [2.45, 2.75) is 19.3 Å². The zero-order valence-electron chi connectivity index (χ0n) is 24.5. The average Bonchev–Trinajstić information content (AvgIpc) is 3.60. The Morgan fingerprint density at radius 3 is 1.84 bits per heavy atom. The van der Waals surface area contributed by atoms with Gasteiger partial charge in [0.1, 0.15) is 22.3 Å². The molecular formula is C41H29NO2. The third kappa shape index (κ3) is 3.56. The van der Waals surface area contributed by atoms with Gasteiger partial charge >= 0.3 is 0 Å². The quantitative estimate of drug-likeness (QED) is 0.213. The first-order valence-corrected chi connectivity index (χ1v) is 15.1. The molecule has 0 unspecified atom stereocenters. The molecule has 2 aromatic heterocycles. The molecule has 210 valence electrons. The first-order chi connectivity index (χ1) is 21.6. The van der Waals surface area contributed by atoms with E-state index in [9.17, 15) is 0 Å². The minimum absolute atomic E-state index is 0.346. The van der Waals surface area contributed by atoms with Crippen molar-refractivity contribution >= 4 is 73.1 Å². The molecule has 0 radical (unpaired) electrons. The molecule has 0 amide bonds. The highest BCUT2D eigenvalue weighted by Gasteiger charge is 2.34. The maximum absolute atomic E-state index is 6.78. The monoisotopic (exact) mass is 567 g/mol. The van der Waals surface area contributed by atoms with Gasteiger partial charge in [-0.2, -0.15) is 0 Å². The van der Waals surface area contributed by atoms with E-state index in [4.69, 9.17) is 8.83 Å². The maximum atomic E-state index is 6.78. The van der Waals surface area contributed by atoms with E-state index in [2.05, 4.69) is 140 Å². The van der Waals surface area contributed by atoms with Crippen LogP contribution in [0, 0.1) is 0 Å². The van der Waals surface area contributed by atoms with E-state index in [1.807, 2.05) is 18.2 Å².